The van der Waals surface area contributed by atoms with Crippen LogP contribution in [0, 0.1) is 5.92 Å². The zero-order chi connectivity index (χ0) is 16.1. The third-order valence-corrected chi connectivity index (χ3v) is 4.73. The van der Waals surface area contributed by atoms with Crippen LogP contribution in [-0.2, 0) is 9.53 Å². The number of benzene rings is 1. The molecule has 1 aromatic carbocycles. The predicted molar refractivity (Wildman–Crippen MR) is 88.7 cm³/mol. The molecule has 1 saturated heterocycles. The summed E-state index contributed by atoms with van der Waals surface area (Å²) < 4.78 is 10.5. The molecule has 1 saturated carbocycles. The monoisotopic (exact) mass is 318 g/mol. The molecule has 0 aromatic heterocycles. The van der Waals surface area contributed by atoms with Crippen molar-refractivity contribution in [2.75, 3.05) is 46.5 Å². The Morgan fingerprint density at radius 3 is 2.74 bits per heavy atom. The molecule has 2 aliphatic rings. The fourth-order valence-electron chi connectivity index (χ4n) is 3.17. The Morgan fingerprint density at radius 2 is 2.04 bits per heavy atom. The van der Waals surface area contributed by atoms with Crippen LogP contribution >= 0.6 is 0 Å². The van der Waals surface area contributed by atoms with Crippen LogP contribution in [0.2, 0.25) is 0 Å². The summed E-state index contributed by atoms with van der Waals surface area (Å²) in [4.78, 5) is 14.6. The molecule has 1 N–H and O–H groups in total. The lowest BCUT2D eigenvalue weighted by atomic mass is 10.1. The maximum absolute atomic E-state index is 12.2. The van der Waals surface area contributed by atoms with E-state index in [1.165, 1.54) is 5.56 Å². The molecule has 1 aromatic rings. The van der Waals surface area contributed by atoms with E-state index < -0.39 is 0 Å². The summed E-state index contributed by atoms with van der Waals surface area (Å²) in [6.45, 7) is 5.49. The average molecular weight is 318 g/mol. The van der Waals surface area contributed by atoms with Crippen LogP contribution in [0.3, 0.4) is 0 Å². The van der Waals surface area contributed by atoms with Gasteiger partial charge in [-0.05, 0) is 43.0 Å². The molecule has 0 spiro atoms. The second-order valence-electron chi connectivity index (χ2n) is 6.32. The number of morpholine rings is 1. The number of hydrogen-bond donors (Lipinski definition) is 1. The van der Waals surface area contributed by atoms with E-state index in [9.17, 15) is 4.79 Å². The van der Waals surface area contributed by atoms with Crippen LogP contribution in [0.15, 0.2) is 24.3 Å². The van der Waals surface area contributed by atoms with E-state index in [0.717, 1.165) is 58.0 Å². The SMILES string of the molecule is COc1ccc(C2CC2C(=O)NCCCN2CCOCC2)cc1. The summed E-state index contributed by atoms with van der Waals surface area (Å²) in [6.07, 6.45) is 1.97. The van der Waals surface area contributed by atoms with Gasteiger partial charge in [0.15, 0.2) is 0 Å². The molecule has 2 atom stereocenters. The van der Waals surface area contributed by atoms with Crippen molar-refractivity contribution in [3.63, 3.8) is 0 Å². The van der Waals surface area contributed by atoms with Crippen molar-refractivity contribution < 1.29 is 14.3 Å². The maximum Gasteiger partial charge on any atom is 0.223 e. The molecular formula is C18H26N2O3. The van der Waals surface area contributed by atoms with Crippen molar-refractivity contribution in [2.45, 2.75) is 18.8 Å². The lowest BCUT2D eigenvalue weighted by Crippen LogP contribution is -2.38. The lowest BCUT2D eigenvalue weighted by molar-refractivity contribution is -0.122. The number of carbonyl (C=O) groups is 1. The van der Waals surface area contributed by atoms with Crippen LogP contribution in [0.25, 0.3) is 0 Å². The zero-order valence-electron chi connectivity index (χ0n) is 13.8. The Labute approximate surface area is 137 Å². The van der Waals surface area contributed by atoms with E-state index in [1.54, 1.807) is 7.11 Å². The number of carbonyl (C=O) groups excluding carboxylic acids is 1. The fraction of sp³-hybridized carbons (Fsp3) is 0.611. The Balaban J connectivity index is 1.34. The quantitative estimate of drug-likeness (QED) is 0.777. The van der Waals surface area contributed by atoms with Crippen molar-refractivity contribution in [2.24, 2.45) is 5.92 Å². The summed E-state index contributed by atoms with van der Waals surface area (Å²) >= 11 is 0. The van der Waals surface area contributed by atoms with Crippen molar-refractivity contribution in [1.29, 1.82) is 0 Å². The first kappa shape index (κ1) is 16.3. The second kappa shape index (κ2) is 7.79. The number of nitrogens with zero attached hydrogens (tertiary/aromatic N) is 1. The summed E-state index contributed by atoms with van der Waals surface area (Å²) in [5.74, 6) is 1.58. The average Bonchev–Trinajstić information content (AvgIpc) is 3.40. The first-order valence-electron chi connectivity index (χ1n) is 8.49. The molecule has 5 heteroatoms. The van der Waals surface area contributed by atoms with Gasteiger partial charge < -0.3 is 14.8 Å². The van der Waals surface area contributed by atoms with E-state index >= 15 is 0 Å². The Kier molecular flexibility index (Phi) is 5.51. The summed E-state index contributed by atoms with van der Waals surface area (Å²) in [5.41, 5.74) is 1.24. The molecule has 0 radical (unpaired) electrons. The van der Waals surface area contributed by atoms with Gasteiger partial charge in [-0.3, -0.25) is 9.69 Å². The Hall–Kier alpha value is -1.59. The van der Waals surface area contributed by atoms with E-state index in [1.807, 2.05) is 12.1 Å². The number of ether oxygens (including phenoxy) is 2. The highest BCUT2D eigenvalue weighted by Gasteiger charge is 2.43. The van der Waals surface area contributed by atoms with Crippen molar-refractivity contribution >= 4 is 5.91 Å². The predicted octanol–water partition coefficient (Wildman–Crippen LogP) is 1.64. The smallest absolute Gasteiger partial charge is 0.223 e. The first-order chi connectivity index (χ1) is 11.3. The van der Waals surface area contributed by atoms with Crippen LogP contribution in [-0.4, -0.2) is 57.3 Å². The van der Waals surface area contributed by atoms with E-state index in [2.05, 4.69) is 22.3 Å². The topological polar surface area (TPSA) is 50.8 Å². The molecule has 1 heterocycles. The molecule has 1 aliphatic heterocycles. The van der Waals surface area contributed by atoms with Gasteiger partial charge >= 0.3 is 0 Å². The number of methoxy groups -OCH3 is 1. The highest BCUT2D eigenvalue weighted by atomic mass is 16.5. The maximum atomic E-state index is 12.2. The van der Waals surface area contributed by atoms with E-state index in [-0.39, 0.29) is 11.8 Å². The molecule has 0 bridgehead atoms. The van der Waals surface area contributed by atoms with Gasteiger partial charge in [0.2, 0.25) is 5.91 Å². The lowest BCUT2D eigenvalue weighted by Gasteiger charge is -2.26. The molecule has 1 aliphatic carbocycles. The van der Waals surface area contributed by atoms with Gasteiger partial charge in [-0.15, -0.1) is 0 Å². The number of nitrogens with one attached hydrogen (secondary N) is 1. The normalized spacial score (nSPS) is 24.2. The van der Waals surface area contributed by atoms with Crippen LogP contribution in [0.4, 0.5) is 0 Å². The third-order valence-electron chi connectivity index (χ3n) is 4.73. The van der Waals surface area contributed by atoms with Crippen LogP contribution in [0.5, 0.6) is 5.75 Å². The molecular weight excluding hydrogens is 292 g/mol. The third kappa shape index (κ3) is 4.45. The van der Waals surface area contributed by atoms with E-state index in [0.29, 0.717) is 5.92 Å². The molecule has 5 nitrogen and oxygen atoms in total. The van der Waals surface area contributed by atoms with Gasteiger partial charge in [0.1, 0.15) is 5.75 Å². The Morgan fingerprint density at radius 1 is 1.30 bits per heavy atom. The molecule has 2 fully saturated rings. The van der Waals surface area contributed by atoms with Crippen molar-refractivity contribution in [3.8, 4) is 5.75 Å². The van der Waals surface area contributed by atoms with E-state index in [4.69, 9.17) is 9.47 Å². The zero-order valence-corrected chi connectivity index (χ0v) is 13.8. The van der Waals surface area contributed by atoms with Gasteiger partial charge in [0.25, 0.3) is 0 Å². The number of hydrogen-bond acceptors (Lipinski definition) is 4. The first-order valence-corrected chi connectivity index (χ1v) is 8.49. The van der Waals surface area contributed by atoms with Crippen LogP contribution in [0.1, 0.15) is 24.3 Å². The summed E-state index contributed by atoms with van der Waals surface area (Å²) in [6, 6.07) is 8.06. The van der Waals surface area contributed by atoms with Crippen molar-refractivity contribution in [3.05, 3.63) is 29.8 Å². The number of amides is 1. The highest BCUT2D eigenvalue weighted by Crippen LogP contribution is 2.47. The molecule has 2 unspecified atom stereocenters. The van der Waals surface area contributed by atoms with Crippen molar-refractivity contribution in [1.82, 2.24) is 10.2 Å². The summed E-state index contributed by atoms with van der Waals surface area (Å²) in [5, 5.41) is 3.08. The van der Waals surface area contributed by atoms with Crippen LogP contribution < -0.4 is 10.1 Å². The minimum absolute atomic E-state index is 0.145. The molecule has 1 amide bonds. The second-order valence-corrected chi connectivity index (χ2v) is 6.32. The standard InChI is InChI=1S/C18H26N2O3/c1-22-15-5-3-14(4-6-15)16-13-17(16)18(21)19-7-2-8-20-9-11-23-12-10-20/h3-6,16-17H,2,7-13H2,1H3,(H,19,21). The fourth-order valence-corrected chi connectivity index (χ4v) is 3.17. The van der Waals surface area contributed by atoms with Gasteiger partial charge in [-0.2, -0.15) is 0 Å². The Bertz CT molecular complexity index is 512. The minimum atomic E-state index is 0.145. The molecule has 3 rings (SSSR count). The van der Waals surface area contributed by atoms with Gasteiger partial charge in [-0.1, -0.05) is 12.1 Å². The largest absolute Gasteiger partial charge is 0.497 e. The van der Waals surface area contributed by atoms with Gasteiger partial charge in [0, 0.05) is 25.6 Å². The molecule has 23 heavy (non-hydrogen) atoms. The summed E-state index contributed by atoms with van der Waals surface area (Å²) in [7, 11) is 1.67. The van der Waals surface area contributed by atoms with Gasteiger partial charge in [0.05, 0.1) is 20.3 Å². The highest BCUT2D eigenvalue weighted by molar-refractivity contribution is 5.82. The van der Waals surface area contributed by atoms with Gasteiger partial charge in [-0.25, -0.2) is 0 Å². The number of rotatable bonds is 7. The minimum Gasteiger partial charge on any atom is -0.497 e. The molecule has 126 valence electrons.